The Morgan fingerprint density at radius 3 is 2.33 bits per heavy atom. The number of aliphatic hydroxyl groups excluding tert-OH is 2. The number of carbonyl (C=O) groups is 2. The molecule has 4 unspecified atom stereocenters. The average Bonchev–Trinajstić information content (AvgIpc) is 3.62. The second kappa shape index (κ2) is 17.6. The zero-order valence-corrected chi connectivity index (χ0v) is 28.9. The van der Waals surface area contributed by atoms with Gasteiger partial charge in [0.2, 0.25) is 11.8 Å². The van der Waals surface area contributed by atoms with Crippen LogP contribution in [0, 0.1) is 0 Å². The first-order chi connectivity index (χ1) is 24.9. The Labute approximate surface area is 299 Å². The second-order valence-corrected chi connectivity index (χ2v) is 13.4. The fraction of sp³-hybridized carbons (Fsp3) is 0.366. The molecule has 6 N–H and O–H groups in total. The summed E-state index contributed by atoms with van der Waals surface area (Å²) in [6.45, 7) is 2.18. The first kappa shape index (κ1) is 36.2. The molecule has 0 radical (unpaired) electrons. The molecule has 10 nitrogen and oxygen atoms in total. The molecule has 0 aliphatic carbocycles. The van der Waals surface area contributed by atoms with Gasteiger partial charge < -0.3 is 36.1 Å². The lowest BCUT2D eigenvalue weighted by atomic mass is 9.97. The number of nitrogen functional groups attached to an aromatic ring is 1. The smallest absolute Gasteiger partial charge is 0.224 e. The lowest BCUT2D eigenvalue weighted by Gasteiger charge is -2.38. The van der Waals surface area contributed by atoms with Crippen LogP contribution in [0.3, 0.4) is 0 Å². The predicted octanol–water partition coefficient (Wildman–Crippen LogP) is 5.86. The third-order valence-electron chi connectivity index (χ3n) is 9.79. The summed E-state index contributed by atoms with van der Waals surface area (Å²) in [6, 6.07) is 31.3. The molecule has 4 aromatic carbocycles. The largest absolute Gasteiger partial charge is 0.397 e. The third kappa shape index (κ3) is 9.61. The highest BCUT2D eigenvalue weighted by Crippen LogP contribution is 2.39. The Morgan fingerprint density at radius 1 is 0.843 bits per heavy atom. The number of amides is 2. The van der Waals surface area contributed by atoms with Crippen molar-refractivity contribution < 1.29 is 29.3 Å². The zero-order valence-electron chi connectivity index (χ0n) is 28.9. The lowest BCUT2D eigenvalue weighted by molar-refractivity contribution is -0.253. The molecular weight excluding hydrogens is 644 g/mol. The topological polar surface area (TPSA) is 146 Å². The van der Waals surface area contributed by atoms with Gasteiger partial charge in [-0.2, -0.15) is 0 Å². The van der Waals surface area contributed by atoms with E-state index < -0.39 is 6.29 Å². The summed E-state index contributed by atoms with van der Waals surface area (Å²) in [5, 5.41) is 25.3. The number of aliphatic hydroxyl groups is 2. The van der Waals surface area contributed by atoms with Gasteiger partial charge in [0.05, 0.1) is 36.8 Å². The first-order valence-electron chi connectivity index (χ1n) is 17.8. The van der Waals surface area contributed by atoms with Gasteiger partial charge in [0.15, 0.2) is 6.29 Å². The average molecular weight is 693 g/mol. The number of benzene rings is 4. The molecule has 4 atom stereocenters. The molecule has 10 heteroatoms. The SMILES string of the molecule is Nc1ccccc1NC(=O)CCCC(=O)NCc1ccccc1-c1ccc(C2OC(CN3CCCC3CO)CC(c3ccc(CO)cc3)O2)cc1. The number of carbonyl (C=O) groups excluding carboxylic acids is 2. The van der Waals surface area contributed by atoms with Gasteiger partial charge in [-0.15, -0.1) is 0 Å². The zero-order chi connectivity index (χ0) is 35.6. The van der Waals surface area contributed by atoms with E-state index in [-0.39, 0.29) is 56.1 Å². The maximum Gasteiger partial charge on any atom is 0.224 e. The van der Waals surface area contributed by atoms with Crippen molar-refractivity contribution in [1.82, 2.24) is 10.2 Å². The van der Waals surface area contributed by atoms with Crippen LogP contribution in [0.4, 0.5) is 11.4 Å². The first-order valence-corrected chi connectivity index (χ1v) is 17.8. The molecule has 0 spiro atoms. The van der Waals surface area contributed by atoms with Crippen LogP contribution < -0.4 is 16.4 Å². The highest BCUT2D eigenvalue weighted by atomic mass is 16.7. The number of para-hydroxylation sites is 2. The van der Waals surface area contributed by atoms with E-state index in [4.69, 9.17) is 15.2 Å². The molecule has 2 aliphatic heterocycles. The summed E-state index contributed by atoms with van der Waals surface area (Å²) in [4.78, 5) is 27.4. The van der Waals surface area contributed by atoms with E-state index in [9.17, 15) is 19.8 Å². The Bertz CT molecular complexity index is 1750. The molecular formula is C41H48N4O6. The quantitative estimate of drug-likeness (QED) is 0.103. The van der Waals surface area contributed by atoms with Gasteiger partial charge in [-0.05, 0) is 65.8 Å². The van der Waals surface area contributed by atoms with Gasteiger partial charge in [-0.3, -0.25) is 14.5 Å². The Morgan fingerprint density at radius 2 is 1.57 bits per heavy atom. The molecule has 268 valence electrons. The summed E-state index contributed by atoms with van der Waals surface area (Å²) in [5.41, 5.74) is 12.8. The summed E-state index contributed by atoms with van der Waals surface area (Å²) in [7, 11) is 0. The van der Waals surface area contributed by atoms with Crippen molar-refractivity contribution >= 4 is 23.2 Å². The predicted molar refractivity (Wildman–Crippen MR) is 197 cm³/mol. The van der Waals surface area contributed by atoms with E-state index in [2.05, 4.69) is 27.7 Å². The summed E-state index contributed by atoms with van der Waals surface area (Å²) in [6.07, 6.45) is 2.80. The standard InChI is InChI=1S/C41H48N4O6/c42-36-10-3-4-11-37(36)44-40(49)13-5-12-39(48)43-24-32-7-1-2-9-35(32)29-18-20-31(21-19-29)41-50-34(25-45-22-6-8-33(45)27-47)23-38(51-41)30-16-14-28(26-46)15-17-30/h1-4,7,9-11,14-21,33-34,38,41,46-47H,5-6,8,12-13,22-27,42H2,(H,43,48)(H,44,49). The van der Waals surface area contributed by atoms with Crippen molar-refractivity contribution in [2.45, 2.75) is 76.2 Å². The van der Waals surface area contributed by atoms with Crippen LogP contribution in [0.5, 0.6) is 0 Å². The maximum atomic E-state index is 12.7. The molecule has 2 fully saturated rings. The van der Waals surface area contributed by atoms with Gasteiger partial charge >= 0.3 is 0 Å². The number of likely N-dealkylation sites (tertiary alicyclic amines) is 1. The molecule has 4 aromatic rings. The van der Waals surface area contributed by atoms with Crippen LogP contribution >= 0.6 is 0 Å². The van der Waals surface area contributed by atoms with E-state index in [0.717, 1.165) is 59.3 Å². The Kier molecular flexibility index (Phi) is 12.5. The van der Waals surface area contributed by atoms with Crippen LogP contribution in [0.1, 0.15) is 73.2 Å². The van der Waals surface area contributed by atoms with E-state index >= 15 is 0 Å². The molecule has 2 amide bonds. The number of nitrogens with zero attached hydrogens (tertiary/aromatic N) is 1. The molecule has 2 aliphatic rings. The monoisotopic (exact) mass is 692 g/mol. The van der Waals surface area contributed by atoms with Gasteiger partial charge in [0.25, 0.3) is 0 Å². The number of hydrogen-bond acceptors (Lipinski definition) is 8. The molecule has 6 rings (SSSR count). The van der Waals surface area contributed by atoms with E-state index in [1.54, 1.807) is 18.2 Å². The van der Waals surface area contributed by atoms with Crippen molar-refractivity contribution in [3.05, 3.63) is 119 Å². The molecule has 0 saturated carbocycles. The molecule has 2 saturated heterocycles. The Hall–Kier alpha value is -4.58. The van der Waals surface area contributed by atoms with Gasteiger partial charge in [-0.25, -0.2) is 0 Å². The summed E-state index contributed by atoms with van der Waals surface area (Å²) >= 11 is 0. The van der Waals surface area contributed by atoms with E-state index in [0.29, 0.717) is 30.8 Å². The normalized spacial score (nSPS) is 20.6. The van der Waals surface area contributed by atoms with Crippen LogP contribution in [0.25, 0.3) is 11.1 Å². The number of nitrogens with two attached hydrogens (primary N) is 1. The van der Waals surface area contributed by atoms with Crippen molar-refractivity contribution in [2.75, 3.05) is 30.7 Å². The van der Waals surface area contributed by atoms with E-state index in [1.165, 1.54) is 0 Å². The maximum absolute atomic E-state index is 12.7. The number of nitrogens with one attached hydrogen (secondary N) is 2. The minimum absolute atomic E-state index is 0.00821. The van der Waals surface area contributed by atoms with Crippen LogP contribution in [0.15, 0.2) is 97.1 Å². The van der Waals surface area contributed by atoms with Gasteiger partial charge in [-0.1, -0.05) is 84.9 Å². The van der Waals surface area contributed by atoms with Gasteiger partial charge in [0.1, 0.15) is 0 Å². The van der Waals surface area contributed by atoms with Crippen molar-refractivity contribution in [3.8, 4) is 11.1 Å². The van der Waals surface area contributed by atoms with Crippen molar-refractivity contribution in [3.63, 3.8) is 0 Å². The van der Waals surface area contributed by atoms with Crippen LogP contribution in [0.2, 0.25) is 0 Å². The molecule has 2 heterocycles. The second-order valence-electron chi connectivity index (χ2n) is 13.4. The number of anilines is 2. The summed E-state index contributed by atoms with van der Waals surface area (Å²) < 4.78 is 13.1. The van der Waals surface area contributed by atoms with Crippen LogP contribution in [-0.4, -0.2) is 58.8 Å². The van der Waals surface area contributed by atoms with Crippen molar-refractivity contribution in [1.29, 1.82) is 0 Å². The molecule has 0 bridgehead atoms. The fourth-order valence-corrected chi connectivity index (χ4v) is 6.93. The summed E-state index contributed by atoms with van der Waals surface area (Å²) in [5.74, 6) is -0.295. The molecule has 0 aromatic heterocycles. The highest BCUT2D eigenvalue weighted by molar-refractivity contribution is 5.94. The number of rotatable bonds is 14. The highest BCUT2D eigenvalue weighted by Gasteiger charge is 2.35. The van der Waals surface area contributed by atoms with Crippen molar-refractivity contribution in [2.24, 2.45) is 0 Å². The third-order valence-corrected chi connectivity index (χ3v) is 9.79. The van der Waals surface area contributed by atoms with Gasteiger partial charge in [0, 0.05) is 44.0 Å². The molecule has 51 heavy (non-hydrogen) atoms. The minimum Gasteiger partial charge on any atom is -0.397 e. The number of hydrogen-bond donors (Lipinski definition) is 5. The Balaban J connectivity index is 1.08. The lowest BCUT2D eigenvalue weighted by Crippen LogP contribution is -2.42. The minimum atomic E-state index is -0.572. The number of ether oxygens (including phenoxy) is 2. The van der Waals surface area contributed by atoms with Crippen LogP contribution in [-0.2, 0) is 32.2 Å². The fourth-order valence-electron chi connectivity index (χ4n) is 6.93. The van der Waals surface area contributed by atoms with E-state index in [1.807, 2.05) is 66.7 Å².